The molecule has 0 aromatic rings. The van der Waals surface area contributed by atoms with E-state index in [0.717, 1.165) is 37.8 Å². The Balaban J connectivity index is 1.67. The van der Waals surface area contributed by atoms with Crippen LogP contribution in [0.4, 0.5) is 0 Å². The van der Waals surface area contributed by atoms with Crippen LogP contribution in [0.3, 0.4) is 0 Å². The highest BCUT2D eigenvalue weighted by molar-refractivity contribution is 5.92. The number of amides is 2. The lowest BCUT2D eigenvalue weighted by atomic mass is 9.90. The van der Waals surface area contributed by atoms with Crippen molar-refractivity contribution >= 4 is 11.8 Å². The summed E-state index contributed by atoms with van der Waals surface area (Å²) < 4.78 is 0. The Hall–Kier alpha value is -1.36. The van der Waals surface area contributed by atoms with Crippen molar-refractivity contribution in [1.29, 1.82) is 0 Å². The summed E-state index contributed by atoms with van der Waals surface area (Å²) >= 11 is 0. The second-order valence-electron chi connectivity index (χ2n) is 6.42. The predicted octanol–water partition coefficient (Wildman–Crippen LogP) is 0.965. The molecule has 1 aliphatic carbocycles. The molecule has 0 radical (unpaired) electrons. The number of carbonyl (C=O) groups is 2. The van der Waals surface area contributed by atoms with E-state index in [1.165, 1.54) is 12.8 Å². The highest BCUT2D eigenvalue weighted by Gasteiger charge is 2.44. The smallest absolute Gasteiger partial charge is 0.246 e. The summed E-state index contributed by atoms with van der Waals surface area (Å²) in [6, 6.07) is 0.536. The number of piperazine rings is 1. The number of carbonyl (C=O) groups excluding carboxylic acids is 2. The van der Waals surface area contributed by atoms with Crippen LogP contribution in [-0.4, -0.2) is 46.3 Å². The summed E-state index contributed by atoms with van der Waals surface area (Å²) in [4.78, 5) is 28.4. The third-order valence-corrected chi connectivity index (χ3v) is 5.19. The van der Waals surface area contributed by atoms with Gasteiger partial charge in [-0.25, -0.2) is 0 Å². The molecule has 3 heterocycles. The highest BCUT2D eigenvalue weighted by atomic mass is 16.2. The Morgan fingerprint density at radius 2 is 1.75 bits per heavy atom. The largest absolute Gasteiger partial charge is 0.313 e. The van der Waals surface area contributed by atoms with E-state index in [2.05, 4.69) is 5.32 Å². The minimum absolute atomic E-state index is 0.0725. The molecule has 1 N–H and O–H groups in total. The van der Waals surface area contributed by atoms with Crippen LogP contribution in [0.15, 0.2) is 11.9 Å². The van der Waals surface area contributed by atoms with Crippen molar-refractivity contribution in [3.05, 3.63) is 11.9 Å². The predicted molar refractivity (Wildman–Crippen MR) is 73.5 cm³/mol. The van der Waals surface area contributed by atoms with Crippen LogP contribution in [-0.2, 0) is 9.59 Å². The zero-order valence-electron chi connectivity index (χ0n) is 11.7. The van der Waals surface area contributed by atoms with E-state index in [1.54, 1.807) is 4.90 Å². The fraction of sp³-hybridized carbons (Fsp3) is 0.733. The summed E-state index contributed by atoms with van der Waals surface area (Å²) in [7, 11) is 0. The van der Waals surface area contributed by atoms with Gasteiger partial charge in [0.05, 0.1) is 11.7 Å². The van der Waals surface area contributed by atoms with Crippen LogP contribution < -0.4 is 5.32 Å². The van der Waals surface area contributed by atoms with E-state index in [1.807, 2.05) is 11.1 Å². The van der Waals surface area contributed by atoms with Crippen LogP contribution in [0.5, 0.6) is 0 Å². The first-order valence-corrected chi connectivity index (χ1v) is 7.84. The first-order valence-electron chi connectivity index (χ1n) is 7.84. The van der Waals surface area contributed by atoms with Crippen molar-refractivity contribution in [3.63, 3.8) is 0 Å². The molecule has 20 heavy (non-hydrogen) atoms. The van der Waals surface area contributed by atoms with Crippen molar-refractivity contribution in [3.8, 4) is 0 Å². The lowest BCUT2D eigenvalue weighted by molar-refractivity contribution is -0.144. The molecule has 0 aromatic heterocycles. The third kappa shape index (κ3) is 1.79. The molecule has 2 atom stereocenters. The van der Waals surface area contributed by atoms with Crippen molar-refractivity contribution in [2.45, 2.75) is 63.1 Å². The van der Waals surface area contributed by atoms with Gasteiger partial charge in [0.1, 0.15) is 6.54 Å². The van der Waals surface area contributed by atoms with E-state index < -0.39 is 0 Å². The molecule has 2 saturated heterocycles. The Kier molecular flexibility index (Phi) is 2.84. The number of nitrogens with one attached hydrogen (secondary N) is 1. The molecule has 2 bridgehead atoms. The Morgan fingerprint density at radius 1 is 1.00 bits per heavy atom. The van der Waals surface area contributed by atoms with Gasteiger partial charge in [-0.1, -0.05) is 12.8 Å². The van der Waals surface area contributed by atoms with Gasteiger partial charge in [-0.2, -0.15) is 0 Å². The average molecular weight is 275 g/mol. The molecular formula is C15H21N3O2. The highest BCUT2D eigenvalue weighted by Crippen LogP contribution is 2.33. The van der Waals surface area contributed by atoms with Gasteiger partial charge >= 0.3 is 0 Å². The normalized spacial score (nSPS) is 34.3. The van der Waals surface area contributed by atoms with E-state index in [-0.39, 0.29) is 30.4 Å². The minimum Gasteiger partial charge on any atom is -0.313 e. The Bertz CT molecular complexity index is 482. The fourth-order valence-corrected chi connectivity index (χ4v) is 4.12. The van der Waals surface area contributed by atoms with Crippen LogP contribution >= 0.6 is 0 Å². The molecule has 5 nitrogen and oxygen atoms in total. The standard InChI is InChI=1S/C15H21N3O2/c19-14-9-18-13(8-17(14)10-4-1-2-5-10)11-6-3-7-12(16-11)15(18)20/h8,10-12,16H,1-7,9H2/t11-,12+/m1/s1. The van der Waals surface area contributed by atoms with E-state index in [4.69, 9.17) is 0 Å². The Morgan fingerprint density at radius 3 is 2.55 bits per heavy atom. The van der Waals surface area contributed by atoms with E-state index >= 15 is 0 Å². The minimum atomic E-state index is -0.0725. The summed E-state index contributed by atoms with van der Waals surface area (Å²) in [5.41, 5.74) is 1.03. The second kappa shape index (κ2) is 4.58. The number of rotatable bonds is 1. The molecule has 1 saturated carbocycles. The summed E-state index contributed by atoms with van der Waals surface area (Å²) in [5, 5.41) is 3.43. The van der Waals surface area contributed by atoms with Crippen molar-refractivity contribution in [2.24, 2.45) is 0 Å². The Labute approximate surface area is 119 Å². The maximum Gasteiger partial charge on any atom is 0.246 e. The van der Waals surface area contributed by atoms with Gasteiger partial charge in [0.15, 0.2) is 0 Å². The fourth-order valence-electron chi connectivity index (χ4n) is 4.12. The van der Waals surface area contributed by atoms with Gasteiger partial charge in [-0.15, -0.1) is 0 Å². The average Bonchev–Trinajstić information content (AvgIpc) is 2.99. The van der Waals surface area contributed by atoms with Gasteiger partial charge < -0.3 is 9.80 Å². The van der Waals surface area contributed by atoms with Gasteiger partial charge in [-0.05, 0) is 32.1 Å². The quantitative estimate of drug-likeness (QED) is 0.775. The first-order chi connectivity index (χ1) is 9.74. The van der Waals surface area contributed by atoms with Gasteiger partial charge in [0.2, 0.25) is 11.8 Å². The van der Waals surface area contributed by atoms with Crippen LogP contribution in [0.1, 0.15) is 44.9 Å². The van der Waals surface area contributed by atoms with Crippen LogP contribution in [0.25, 0.3) is 0 Å². The molecule has 4 rings (SSSR count). The zero-order valence-corrected chi connectivity index (χ0v) is 11.7. The first kappa shape index (κ1) is 12.4. The maximum absolute atomic E-state index is 12.4. The lowest BCUT2D eigenvalue weighted by Gasteiger charge is -2.47. The summed E-state index contributed by atoms with van der Waals surface area (Å²) in [6.45, 7) is 0.246. The van der Waals surface area contributed by atoms with Crippen molar-refractivity contribution < 1.29 is 9.59 Å². The molecule has 0 spiro atoms. The van der Waals surface area contributed by atoms with Crippen molar-refractivity contribution in [1.82, 2.24) is 15.1 Å². The molecule has 2 amide bonds. The number of hydrogen-bond acceptors (Lipinski definition) is 3. The molecule has 5 heteroatoms. The lowest BCUT2D eigenvalue weighted by Crippen LogP contribution is -2.64. The number of nitrogens with zero attached hydrogens (tertiary/aromatic N) is 2. The molecule has 4 aliphatic rings. The van der Waals surface area contributed by atoms with Crippen LogP contribution in [0.2, 0.25) is 0 Å². The molecule has 0 unspecified atom stereocenters. The van der Waals surface area contributed by atoms with Gasteiger partial charge in [0, 0.05) is 18.3 Å². The number of piperidine rings is 1. The van der Waals surface area contributed by atoms with E-state index in [0.29, 0.717) is 6.04 Å². The van der Waals surface area contributed by atoms with Crippen LogP contribution in [0, 0.1) is 0 Å². The molecule has 3 aliphatic heterocycles. The zero-order chi connectivity index (χ0) is 13.7. The summed E-state index contributed by atoms with van der Waals surface area (Å²) in [5.74, 6) is 0.181. The topological polar surface area (TPSA) is 52.7 Å². The maximum atomic E-state index is 12.4. The summed E-state index contributed by atoms with van der Waals surface area (Å²) in [6.07, 6.45) is 9.66. The van der Waals surface area contributed by atoms with Crippen molar-refractivity contribution in [2.75, 3.05) is 6.54 Å². The van der Waals surface area contributed by atoms with E-state index in [9.17, 15) is 9.59 Å². The third-order valence-electron chi connectivity index (χ3n) is 5.19. The molecule has 108 valence electrons. The second-order valence-corrected chi connectivity index (χ2v) is 6.42. The number of hydrogen-bond donors (Lipinski definition) is 1. The van der Waals surface area contributed by atoms with Gasteiger partial charge in [-0.3, -0.25) is 14.9 Å². The molecular weight excluding hydrogens is 254 g/mol. The molecule has 3 fully saturated rings. The van der Waals surface area contributed by atoms with Gasteiger partial charge in [0.25, 0.3) is 0 Å². The SMILES string of the molecule is O=C1[C@@H]2CCC[C@@H](N2)C2=CN(C3CCCC3)C(=O)CN12. The molecule has 0 aromatic carbocycles. The monoisotopic (exact) mass is 275 g/mol. The number of fused-ring (bicyclic) bond motifs is 4.